The molecule has 1 amide bonds. The molecular weight excluding hydrogens is 200 g/mol. The summed E-state index contributed by atoms with van der Waals surface area (Å²) in [6.45, 7) is 2.26. The third-order valence-electron chi connectivity index (χ3n) is 3.71. The van der Waals surface area contributed by atoms with Crippen LogP contribution in [0.15, 0.2) is 0 Å². The van der Waals surface area contributed by atoms with E-state index < -0.39 is 0 Å². The van der Waals surface area contributed by atoms with Crippen molar-refractivity contribution in [2.75, 3.05) is 6.54 Å². The van der Waals surface area contributed by atoms with Gasteiger partial charge in [-0.1, -0.05) is 18.8 Å². The molecule has 2 rings (SSSR count). The molecule has 3 atom stereocenters. The number of amides is 1. The molecule has 16 heavy (non-hydrogen) atoms. The van der Waals surface area contributed by atoms with E-state index in [1.165, 1.54) is 25.7 Å². The van der Waals surface area contributed by atoms with E-state index in [0.29, 0.717) is 12.6 Å². The van der Waals surface area contributed by atoms with Crippen LogP contribution < -0.4 is 10.6 Å². The van der Waals surface area contributed by atoms with Gasteiger partial charge in [0.2, 0.25) is 5.91 Å². The molecular formula is C13H20N2O. The molecule has 88 valence electrons. The van der Waals surface area contributed by atoms with Crippen LogP contribution in [-0.4, -0.2) is 24.5 Å². The molecule has 0 aromatic rings. The topological polar surface area (TPSA) is 41.1 Å². The van der Waals surface area contributed by atoms with E-state index in [2.05, 4.69) is 22.5 Å². The second kappa shape index (κ2) is 5.36. The smallest absolute Gasteiger partial charge is 0.237 e. The molecule has 1 aliphatic heterocycles. The minimum Gasteiger partial charge on any atom is -0.344 e. The summed E-state index contributed by atoms with van der Waals surface area (Å²) in [6.07, 6.45) is 6.18. The fourth-order valence-electron chi connectivity index (χ4n) is 2.86. The van der Waals surface area contributed by atoms with Crippen molar-refractivity contribution in [2.24, 2.45) is 5.92 Å². The number of hydrogen-bond acceptors (Lipinski definition) is 2. The van der Waals surface area contributed by atoms with Gasteiger partial charge in [0.15, 0.2) is 0 Å². The van der Waals surface area contributed by atoms with E-state index in [1.807, 2.05) is 0 Å². The highest BCUT2D eigenvalue weighted by Crippen LogP contribution is 2.33. The SMILES string of the molecule is CC#CCNC(=O)C1CC2CCCCC2N1. The van der Waals surface area contributed by atoms with Gasteiger partial charge < -0.3 is 10.6 Å². The second-order valence-corrected chi connectivity index (χ2v) is 4.75. The Morgan fingerprint density at radius 3 is 3.00 bits per heavy atom. The van der Waals surface area contributed by atoms with E-state index in [9.17, 15) is 4.79 Å². The average molecular weight is 220 g/mol. The van der Waals surface area contributed by atoms with Crippen molar-refractivity contribution in [1.82, 2.24) is 10.6 Å². The van der Waals surface area contributed by atoms with Crippen LogP contribution in [0.25, 0.3) is 0 Å². The van der Waals surface area contributed by atoms with Crippen molar-refractivity contribution in [1.29, 1.82) is 0 Å². The maximum Gasteiger partial charge on any atom is 0.237 e. The van der Waals surface area contributed by atoms with Crippen LogP contribution >= 0.6 is 0 Å². The number of carbonyl (C=O) groups is 1. The molecule has 0 radical (unpaired) electrons. The zero-order chi connectivity index (χ0) is 11.4. The van der Waals surface area contributed by atoms with Gasteiger partial charge in [-0.15, -0.1) is 5.92 Å². The summed E-state index contributed by atoms with van der Waals surface area (Å²) < 4.78 is 0. The summed E-state index contributed by atoms with van der Waals surface area (Å²) in [5.74, 6) is 6.48. The molecule has 0 spiro atoms. The molecule has 2 fully saturated rings. The molecule has 0 aromatic carbocycles. The van der Waals surface area contributed by atoms with Gasteiger partial charge in [-0.2, -0.15) is 0 Å². The van der Waals surface area contributed by atoms with E-state index in [-0.39, 0.29) is 11.9 Å². The van der Waals surface area contributed by atoms with Crippen molar-refractivity contribution in [3.8, 4) is 11.8 Å². The second-order valence-electron chi connectivity index (χ2n) is 4.75. The zero-order valence-electron chi connectivity index (χ0n) is 9.88. The Morgan fingerprint density at radius 2 is 2.25 bits per heavy atom. The Morgan fingerprint density at radius 1 is 1.44 bits per heavy atom. The summed E-state index contributed by atoms with van der Waals surface area (Å²) in [5.41, 5.74) is 0. The Kier molecular flexibility index (Phi) is 3.84. The van der Waals surface area contributed by atoms with Gasteiger partial charge in [-0.25, -0.2) is 0 Å². The first-order chi connectivity index (χ1) is 7.81. The molecule has 3 unspecified atom stereocenters. The van der Waals surface area contributed by atoms with Crippen molar-refractivity contribution in [3.05, 3.63) is 0 Å². The number of rotatable bonds is 2. The van der Waals surface area contributed by atoms with Crippen LogP contribution in [0.2, 0.25) is 0 Å². The van der Waals surface area contributed by atoms with Crippen molar-refractivity contribution in [2.45, 2.75) is 51.1 Å². The third-order valence-corrected chi connectivity index (χ3v) is 3.71. The molecule has 2 N–H and O–H groups in total. The molecule has 0 bridgehead atoms. The van der Waals surface area contributed by atoms with Crippen LogP contribution in [0.3, 0.4) is 0 Å². The molecule has 1 heterocycles. The quantitative estimate of drug-likeness (QED) is 0.683. The lowest BCUT2D eigenvalue weighted by Crippen LogP contribution is -2.43. The first kappa shape index (κ1) is 11.5. The van der Waals surface area contributed by atoms with Gasteiger partial charge in [-0.05, 0) is 32.1 Å². The Bertz CT molecular complexity index is 302. The maximum atomic E-state index is 11.8. The average Bonchev–Trinajstić information content (AvgIpc) is 2.73. The molecule has 3 heteroatoms. The first-order valence-corrected chi connectivity index (χ1v) is 6.24. The molecule has 1 saturated heterocycles. The van der Waals surface area contributed by atoms with Crippen molar-refractivity contribution < 1.29 is 4.79 Å². The van der Waals surface area contributed by atoms with Crippen LogP contribution in [0.4, 0.5) is 0 Å². The minimum absolute atomic E-state index is 0.0201. The number of fused-ring (bicyclic) bond motifs is 1. The van der Waals surface area contributed by atoms with Crippen molar-refractivity contribution in [3.63, 3.8) is 0 Å². The van der Waals surface area contributed by atoms with Crippen LogP contribution in [0.5, 0.6) is 0 Å². The number of nitrogens with one attached hydrogen (secondary N) is 2. The minimum atomic E-state index is 0.0201. The highest BCUT2D eigenvalue weighted by atomic mass is 16.2. The molecule has 0 aromatic heterocycles. The maximum absolute atomic E-state index is 11.8. The van der Waals surface area contributed by atoms with Gasteiger partial charge in [0.25, 0.3) is 0 Å². The van der Waals surface area contributed by atoms with Crippen LogP contribution in [-0.2, 0) is 4.79 Å². The van der Waals surface area contributed by atoms with Gasteiger partial charge in [-0.3, -0.25) is 4.79 Å². The van der Waals surface area contributed by atoms with E-state index >= 15 is 0 Å². The molecule has 3 nitrogen and oxygen atoms in total. The fraction of sp³-hybridized carbons (Fsp3) is 0.769. The Labute approximate surface area is 97.4 Å². The summed E-state index contributed by atoms with van der Waals surface area (Å²) in [6, 6.07) is 0.605. The monoisotopic (exact) mass is 220 g/mol. The normalized spacial score (nSPS) is 32.4. The summed E-state index contributed by atoms with van der Waals surface area (Å²) in [4.78, 5) is 11.8. The summed E-state index contributed by atoms with van der Waals surface area (Å²) >= 11 is 0. The van der Waals surface area contributed by atoms with Crippen LogP contribution in [0.1, 0.15) is 39.0 Å². The zero-order valence-corrected chi connectivity index (χ0v) is 9.88. The summed E-state index contributed by atoms with van der Waals surface area (Å²) in [7, 11) is 0. The van der Waals surface area contributed by atoms with Gasteiger partial charge in [0, 0.05) is 6.04 Å². The lowest BCUT2D eigenvalue weighted by Gasteiger charge is -2.24. The van der Waals surface area contributed by atoms with Crippen LogP contribution in [0, 0.1) is 17.8 Å². The Hall–Kier alpha value is -1.01. The van der Waals surface area contributed by atoms with Gasteiger partial charge in [0.1, 0.15) is 0 Å². The largest absolute Gasteiger partial charge is 0.344 e. The lowest BCUT2D eigenvalue weighted by molar-refractivity contribution is -0.122. The Balaban J connectivity index is 1.81. The highest BCUT2D eigenvalue weighted by molar-refractivity contribution is 5.82. The third kappa shape index (κ3) is 2.56. The molecule has 1 aliphatic carbocycles. The van der Waals surface area contributed by atoms with Gasteiger partial charge >= 0.3 is 0 Å². The predicted molar refractivity (Wildman–Crippen MR) is 63.7 cm³/mol. The molecule has 2 aliphatic rings. The van der Waals surface area contributed by atoms with E-state index in [0.717, 1.165) is 12.3 Å². The summed E-state index contributed by atoms with van der Waals surface area (Å²) in [5, 5.41) is 6.32. The fourth-order valence-corrected chi connectivity index (χ4v) is 2.86. The highest BCUT2D eigenvalue weighted by Gasteiger charge is 2.37. The predicted octanol–water partition coefficient (Wildman–Crippen LogP) is 1.05. The van der Waals surface area contributed by atoms with Crippen molar-refractivity contribution >= 4 is 5.91 Å². The number of hydrogen-bond donors (Lipinski definition) is 2. The van der Waals surface area contributed by atoms with E-state index in [1.54, 1.807) is 6.92 Å². The van der Waals surface area contributed by atoms with Gasteiger partial charge in [0.05, 0.1) is 12.6 Å². The van der Waals surface area contributed by atoms with E-state index in [4.69, 9.17) is 0 Å². The lowest BCUT2D eigenvalue weighted by atomic mass is 9.85. The first-order valence-electron chi connectivity index (χ1n) is 6.24. The standard InChI is InChI=1S/C13H20N2O/c1-2-3-8-14-13(16)12-9-10-6-4-5-7-11(10)15-12/h10-12,15H,4-9H2,1H3,(H,14,16). The number of carbonyl (C=O) groups excluding carboxylic acids is 1. The molecule has 1 saturated carbocycles.